The number of sulfone groups is 1. The number of carboxylic acid groups (broad SMARTS) is 1. The third-order valence-corrected chi connectivity index (χ3v) is 6.43. The van der Waals surface area contributed by atoms with Gasteiger partial charge in [-0.2, -0.15) is 0 Å². The molecule has 1 aromatic heterocycles. The molecule has 1 atom stereocenters. The highest BCUT2D eigenvalue weighted by molar-refractivity contribution is 8.01. The Kier molecular flexibility index (Phi) is 3.46. The summed E-state index contributed by atoms with van der Waals surface area (Å²) in [6, 6.07) is 10.0. The van der Waals surface area contributed by atoms with Crippen LogP contribution in [0.4, 0.5) is 0 Å². The molecular formula is C14H11NO4S2. The van der Waals surface area contributed by atoms with E-state index in [1.807, 2.05) is 12.1 Å². The van der Waals surface area contributed by atoms with Crippen LogP contribution in [0.15, 0.2) is 52.5 Å². The van der Waals surface area contributed by atoms with Crippen molar-refractivity contribution in [3.05, 3.63) is 53.7 Å². The second-order valence-electron chi connectivity index (χ2n) is 4.62. The number of pyridine rings is 1. The number of thioether (sulfide) groups is 1. The first-order valence-electron chi connectivity index (χ1n) is 6.15. The lowest BCUT2D eigenvalue weighted by atomic mass is 10.2. The molecule has 1 aliphatic heterocycles. The van der Waals surface area contributed by atoms with Gasteiger partial charge < -0.3 is 5.11 Å². The number of nitrogens with zero attached hydrogens (tertiary/aromatic N) is 1. The van der Waals surface area contributed by atoms with Crippen LogP contribution < -0.4 is 0 Å². The van der Waals surface area contributed by atoms with Crippen LogP contribution in [0.25, 0.3) is 0 Å². The van der Waals surface area contributed by atoms with Crippen LogP contribution in [0, 0.1) is 0 Å². The van der Waals surface area contributed by atoms with E-state index in [0.717, 1.165) is 5.56 Å². The van der Waals surface area contributed by atoms with Gasteiger partial charge in [-0.25, -0.2) is 18.2 Å². The fourth-order valence-electron chi connectivity index (χ4n) is 2.23. The first-order valence-corrected chi connectivity index (χ1v) is 8.68. The Hall–Kier alpha value is -1.86. The van der Waals surface area contributed by atoms with Crippen molar-refractivity contribution in [1.29, 1.82) is 0 Å². The zero-order valence-corrected chi connectivity index (χ0v) is 12.4. The third kappa shape index (κ3) is 2.66. The predicted octanol–water partition coefficient (Wildman–Crippen LogP) is 2.40. The lowest BCUT2D eigenvalue weighted by Crippen LogP contribution is -2.01. The highest BCUT2D eigenvalue weighted by Crippen LogP contribution is 2.44. The number of hydrogen-bond donors (Lipinski definition) is 1. The summed E-state index contributed by atoms with van der Waals surface area (Å²) in [6.45, 7) is 0. The van der Waals surface area contributed by atoms with Crippen LogP contribution in [0.2, 0.25) is 0 Å². The Morgan fingerprint density at radius 2 is 2.00 bits per heavy atom. The number of carboxylic acids is 1. The van der Waals surface area contributed by atoms with Crippen LogP contribution in [-0.4, -0.2) is 30.2 Å². The van der Waals surface area contributed by atoms with E-state index in [-0.39, 0.29) is 16.6 Å². The van der Waals surface area contributed by atoms with Crippen molar-refractivity contribution < 1.29 is 18.3 Å². The Morgan fingerprint density at radius 1 is 1.24 bits per heavy atom. The predicted molar refractivity (Wildman–Crippen MR) is 78.3 cm³/mol. The Morgan fingerprint density at radius 3 is 2.67 bits per heavy atom. The molecule has 0 fully saturated rings. The minimum absolute atomic E-state index is 0.0410. The average Bonchev–Trinajstić information content (AvgIpc) is 2.71. The zero-order valence-electron chi connectivity index (χ0n) is 10.8. The number of rotatable bonds is 3. The standard InChI is InChI=1S/C14H11NO4S2/c16-14(17)9-5-6-13(15-7-9)20-11-8-21(18,19)12-4-2-1-3-10(11)12/h1-7,11H,8H2,(H,16,17). The van der Waals surface area contributed by atoms with Gasteiger partial charge in [0, 0.05) is 6.20 Å². The summed E-state index contributed by atoms with van der Waals surface area (Å²) in [5.41, 5.74) is 0.894. The average molecular weight is 321 g/mol. The SMILES string of the molecule is O=C(O)c1ccc(SC2CS(=O)(=O)c3ccccc32)nc1. The van der Waals surface area contributed by atoms with E-state index in [9.17, 15) is 13.2 Å². The van der Waals surface area contributed by atoms with Crippen molar-refractivity contribution in [1.82, 2.24) is 4.98 Å². The largest absolute Gasteiger partial charge is 0.478 e. The first-order chi connectivity index (χ1) is 9.97. The van der Waals surface area contributed by atoms with Crippen molar-refractivity contribution in [2.75, 3.05) is 5.75 Å². The lowest BCUT2D eigenvalue weighted by Gasteiger charge is -2.08. The highest BCUT2D eigenvalue weighted by Gasteiger charge is 2.35. The van der Waals surface area contributed by atoms with Gasteiger partial charge in [0.05, 0.1) is 26.5 Å². The highest BCUT2D eigenvalue weighted by atomic mass is 32.2. The minimum Gasteiger partial charge on any atom is -0.478 e. The second kappa shape index (κ2) is 5.16. The molecule has 0 aliphatic carbocycles. The van der Waals surface area contributed by atoms with Gasteiger partial charge >= 0.3 is 5.97 Å². The smallest absolute Gasteiger partial charge is 0.337 e. The topological polar surface area (TPSA) is 84.3 Å². The molecule has 108 valence electrons. The van der Waals surface area contributed by atoms with Crippen molar-refractivity contribution in [2.24, 2.45) is 0 Å². The number of aromatic nitrogens is 1. The zero-order chi connectivity index (χ0) is 15.0. The molecule has 1 aliphatic rings. The number of hydrogen-bond acceptors (Lipinski definition) is 5. The van der Waals surface area contributed by atoms with Crippen LogP contribution in [0.1, 0.15) is 21.2 Å². The molecule has 0 radical (unpaired) electrons. The van der Waals surface area contributed by atoms with Gasteiger partial charge in [-0.1, -0.05) is 30.0 Å². The minimum atomic E-state index is -3.24. The third-order valence-electron chi connectivity index (χ3n) is 3.22. The van der Waals surface area contributed by atoms with Gasteiger partial charge in [0.1, 0.15) is 0 Å². The first kappa shape index (κ1) is 14.1. The molecular weight excluding hydrogens is 310 g/mol. The maximum atomic E-state index is 12.1. The van der Waals surface area contributed by atoms with E-state index >= 15 is 0 Å². The van der Waals surface area contributed by atoms with E-state index in [1.54, 1.807) is 18.2 Å². The van der Waals surface area contributed by atoms with E-state index < -0.39 is 15.8 Å². The van der Waals surface area contributed by atoms with E-state index in [4.69, 9.17) is 5.11 Å². The summed E-state index contributed by atoms with van der Waals surface area (Å²) in [7, 11) is -3.24. The Bertz CT molecular complexity index is 800. The molecule has 0 saturated heterocycles. The molecule has 2 aromatic rings. The summed E-state index contributed by atoms with van der Waals surface area (Å²) in [5.74, 6) is -0.993. The number of fused-ring (bicyclic) bond motifs is 1. The molecule has 3 rings (SSSR count). The molecule has 1 unspecified atom stereocenters. The number of aromatic carboxylic acids is 1. The lowest BCUT2D eigenvalue weighted by molar-refractivity contribution is 0.0696. The summed E-state index contributed by atoms with van der Waals surface area (Å²) in [6.07, 6.45) is 1.28. The van der Waals surface area contributed by atoms with Crippen molar-refractivity contribution >= 4 is 27.6 Å². The molecule has 21 heavy (non-hydrogen) atoms. The summed E-state index contributed by atoms with van der Waals surface area (Å²) in [4.78, 5) is 15.2. The van der Waals surface area contributed by atoms with Gasteiger partial charge in [0.15, 0.2) is 9.84 Å². The molecule has 2 heterocycles. The molecule has 0 bridgehead atoms. The van der Waals surface area contributed by atoms with Gasteiger partial charge in [0.2, 0.25) is 0 Å². The van der Waals surface area contributed by atoms with E-state index in [1.165, 1.54) is 24.0 Å². The molecule has 7 heteroatoms. The molecule has 1 N–H and O–H groups in total. The van der Waals surface area contributed by atoms with Crippen LogP contribution in [-0.2, 0) is 9.84 Å². The van der Waals surface area contributed by atoms with Crippen LogP contribution in [0.3, 0.4) is 0 Å². The maximum Gasteiger partial charge on any atom is 0.337 e. The van der Waals surface area contributed by atoms with Gasteiger partial charge in [-0.15, -0.1) is 0 Å². The summed E-state index contributed by atoms with van der Waals surface area (Å²) < 4.78 is 24.2. The van der Waals surface area contributed by atoms with Gasteiger partial charge in [-0.05, 0) is 23.8 Å². The Labute approximate surface area is 126 Å². The van der Waals surface area contributed by atoms with Gasteiger partial charge in [0.25, 0.3) is 0 Å². The van der Waals surface area contributed by atoms with E-state index in [0.29, 0.717) is 9.92 Å². The fourth-order valence-corrected chi connectivity index (χ4v) is 5.61. The fraction of sp³-hybridized carbons (Fsp3) is 0.143. The van der Waals surface area contributed by atoms with Crippen molar-refractivity contribution in [2.45, 2.75) is 15.2 Å². The molecule has 0 amide bonds. The Balaban J connectivity index is 1.88. The quantitative estimate of drug-likeness (QED) is 0.934. The van der Waals surface area contributed by atoms with Crippen molar-refractivity contribution in [3.63, 3.8) is 0 Å². The maximum absolute atomic E-state index is 12.1. The number of benzene rings is 1. The summed E-state index contributed by atoms with van der Waals surface area (Å²) >= 11 is 1.33. The van der Waals surface area contributed by atoms with Gasteiger partial charge in [-0.3, -0.25) is 0 Å². The molecule has 0 saturated carbocycles. The second-order valence-corrected chi connectivity index (χ2v) is 7.84. The monoisotopic (exact) mass is 321 g/mol. The molecule has 0 spiro atoms. The normalized spacial score (nSPS) is 19.1. The molecule has 1 aromatic carbocycles. The van der Waals surface area contributed by atoms with Crippen molar-refractivity contribution in [3.8, 4) is 0 Å². The van der Waals surface area contributed by atoms with Crippen LogP contribution in [0.5, 0.6) is 0 Å². The summed E-state index contributed by atoms with van der Waals surface area (Å²) in [5, 5.41) is 9.23. The van der Waals surface area contributed by atoms with E-state index in [2.05, 4.69) is 4.98 Å². The van der Waals surface area contributed by atoms with Crippen LogP contribution >= 0.6 is 11.8 Å². The molecule has 5 nitrogen and oxygen atoms in total. The number of carbonyl (C=O) groups is 1.